The zero-order valence-electron chi connectivity index (χ0n) is 17.0. The molecule has 0 saturated heterocycles. The Balaban J connectivity index is 2.16. The predicted octanol–water partition coefficient (Wildman–Crippen LogP) is 4.42. The molecule has 144 valence electrons. The van der Waals surface area contributed by atoms with Crippen LogP contribution in [0.4, 0.5) is 0 Å². The number of hydrogen-bond acceptors (Lipinski definition) is 4. The van der Waals surface area contributed by atoms with Crippen molar-refractivity contribution in [2.24, 2.45) is 0 Å². The molecule has 3 rings (SSSR count). The molecule has 0 radical (unpaired) electrons. The van der Waals surface area contributed by atoms with Gasteiger partial charge >= 0.3 is 5.97 Å². The van der Waals surface area contributed by atoms with Crippen LogP contribution in [0.25, 0.3) is 0 Å². The van der Waals surface area contributed by atoms with Gasteiger partial charge in [0.05, 0.1) is 12.0 Å². The van der Waals surface area contributed by atoms with Gasteiger partial charge in [-0.3, -0.25) is 4.79 Å². The van der Waals surface area contributed by atoms with Crippen molar-refractivity contribution < 1.29 is 14.6 Å². The van der Waals surface area contributed by atoms with Crippen molar-refractivity contribution in [2.75, 3.05) is 7.11 Å². The molecular weight excluding hydrogens is 356 g/mol. The molecule has 2 unspecified atom stereocenters. The number of carbonyl (C=O) groups excluding carboxylic acids is 1. The third kappa shape index (κ3) is 3.32. The number of esters is 1. The molecule has 0 aromatic heterocycles. The zero-order valence-corrected chi connectivity index (χ0v) is 17.8. The highest BCUT2D eigenvalue weighted by atomic mass is 32.2. The lowest BCUT2D eigenvalue weighted by atomic mass is 9.62. The Hall–Kier alpha value is -1.70. The number of benzene rings is 1. The number of aliphatic hydroxyl groups is 1. The summed E-state index contributed by atoms with van der Waals surface area (Å²) in [5.74, 6) is 5.38. The Kier molecular flexibility index (Phi) is 4.99. The molecule has 0 bridgehead atoms. The fourth-order valence-corrected chi connectivity index (χ4v) is 5.36. The average Bonchev–Trinajstić information content (AvgIpc) is 2.96. The lowest BCUT2D eigenvalue weighted by molar-refractivity contribution is -0.143. The van der Waals surface area contributed by atoms with E-state index in [0.29, 0.717) is 4.91 Å². The minimum atomic E-state index is -1.43. The van der Waals surface area contributed by atoms with Gasteiger partial charge in [0.25, 0.3) is 0 Å². The summed E-state index contributed by atoms with van der Waals surface area (Å²) in [5, 5.41) is 10.8. The van der Waals surface area contributed by atoms with E-state index in [1.54, 1.807) is 13.0 Å². The maximum absolute atomic E-state index is 12.4. The molecule has 1 aromatic carbocycles. The van der Waals surface area contributed by atoms with E-state index < -0.39 is 16.8 Å². The van der Waals surface area contributed by atoms with E-state index in [4.69, 9.17) is 4.74 Å². The molecule has 1 aliphatic heterocycles. The second-order valence-corrected chi connectivity index (χ2v) is 9.91. The van der Waals surface area contributed by atoms with Crippen molar-refractivity contribution in [3.05, 3.63) is 45.9 Å². The Labute approximate surface area is 166 Å². The van der Waals surface area contributed by atoms with Crippen molar-refractivity contribution in [3.63, 3.8) is 0 Å². The summed E-state index contributed by atoms with van der Waals surface area (Å²) in [6.45, 7) is 10.8. The minimum absolute atomic E-state index is 0.0273. The largest absolute Gasteiger partial charge is 0.468 e. The van der Waals surface area contributed by atoms with E-state index in [0.717, 1.165) is 18.4 Å². The quantitative estimate of drug-likeness (QED) is 0.606. The predicted molar refractivity (Wildman–Crippen MR) is 111 cm³/mol. The van der Waals surface area contributed by atoms with Gasteiger partial charge in [0.2, 0.25) is 0 Å². The van der Waals surface area contributed by atoms with Crippen LogP contribution >= 0.6 is 11.8 Å². The van der Waals surface area contributed by atoms with Crippen molar-refractivity contribution in [2.45, 2.75) is 69.1 Å². The van der Waals surface area contributed by atoms with Crippen LogP contribution < -0.4 is 0 Å². The molecule has 1 aliphatic carbocycles. The highest BCUT2D eigenvalue weighted by Crippen LogP contribution is 2.50. The van der Waals surface area contributed by atoms with Crippen molar-refractivity contribution in [1.82, 2.24) is 0 Å². The highest BCUT2D eigenvalue weighted by molar-refractivity contribution is 8.05. The maximum atomic E-state index is 12.4. The monoisotopic (exact) mass is 384 g/mol. The van der Waals surface area contributed by atoms with Crippen LogP contribution in [0.3, 0.4) is 0 Å². The average molecular weight is 385 g/mol. The van der Waals surface area contributed by atoms with Crippen LogP contribution in [0.5, 0.6) is 0 Å². The van der Waals surface area contributed by atoms with E-state index in [2.05, 4.69) is 51.7 Å². The molecule has 27 heavy (non-hydrogen) atoms. The standard InChI is InChI=1S/C23H28O3S/c1-7-8-16-14-23(25,19(27-16)20(24)26-6)15-9-10-17-18(13-15)22(4,5)12-11-21(17,2)3/h9-10,13-14,19,25H,11-12H2,1-6H3. The fourth-order valence-electron chi connectivity index (χ4n) is 4.12. The van der Waals surface area contributed by atoms with Gasteiger partial charge in [0.1, 0.15) is 10.9 Å². The zero-order chi connectivity index (χ0) is 20.0. The summed E-state index contributed by atoms with van der Waals surface area (Å²) in [6, 6.07) is 6.17. The van der Waals surface area contributed by atoms with Crippen LogP contribution in [-0.4, -0.2) is 23.4 Å². The van der Waals surface area contributed by atoms with Gasteiger partial charge in [0.15, 0.2) is 0 Å². The van der Waals surface area contributed by atoms with Gasteiger partial charge in [-0.25, -0.2) is 0 Å². The smallest absolute Gasteiger partial charge is 0.322 e. The van der Waals surface area contributed by atoms with Crippen LogP contribution in [0.15, 0.2) is 29.2 Å². The summed E-state index contributed by atoms with van der Waals surface area (Å²) >= 11 is 1.27. The van der Waals surface area contributed by atoms with E-state index in [9.17, 15) is 9.90 Å². The molecule has 3 nitrogen and oxygen atoms in total. The van der Waals surface area contributed by atoms with E-state index in [-0.39, 0.29) is 10.8 Å². The summed E-state index contributed by atoms with van der Waals surface area (Å²) in [6.07, 6.45) is 3.93. The first-order chi connectivity index (χ1) is 12.5. The molecule has 0 amide bonds. The molecule has 2 atom stereocenters. The van der Waals surface area contributed by atoms with E-state index >= 15 is 0 Å². The normalized spacial score (nSPS) is 27.8. The molecule has 1 heterocycles. The fraction of sp³-hybridized carbons (Fsp3) is 0.522. The number of carbonyl (C=O) groups is 1. The molecular formula is C23H28O3S. The van der Waals surface area contributed by atoms with Gasteiger partial charge in [-0.05, 0) is 53.4 Å². The third-order valence-corrected chi connectivity index (χ3v) is 7.24. The van der Waals surface area contributed by atoms with Crippen molar-refractivity contribution >= 4 is 17.7 Å². The second-order valence-electron chi connectivity index (χ2n) is 8.76. The molecule has 2 aliphatic rings. The number of rotatable bonds is 2. The number of methoxy groups -OCH3 is 1. The number of ether oxygens (including phenoxy) is 1. The van der Waals surface area contributed by atoms with Crippen molar-refractivity contribution in [3.8, 4) is 11.8 Å². The lowest BCUT2D eigenvalue weighted by Crippen LogP contribution is -2.40. The Bertz CT molecular complexity index is 869. The number of fused-ring (bicyclic) bond motifs is 1. The van der Waals surface area contributed by atoms with Gasteiger partial charge in [-0.2, -0.15) is 0 Å². The molecule has 1 aromatic rings. The molecule has 0 saturated carbocycles. The topological polar surface area (TPSA) is 46.5 Å². The Morgan fingerprint density at radius 3 is 2.41 bits per heavy atom. The molecule has 4 heteroatoms. The van der Waals surface area contributed by atoms with Crippen LogP contribution in [-0.2, 0) is 26.0 Å². The number of allylic oxidation sites excluding steroid dienone is 1. The molecule has 0 fully saturated rings. The van der Waals surface area contributed by atoms with Gasteiger partial charge in [0, 0.05) is 0 Å². The van der Waals surface area contributed by atoms with E-state index in [1.165, 1.54) is 30.0 Å². The summed E-state index contributed by atoms with van der Waals surface area (Å²) in [4.78, 5) is 13.1. The Morgan fingerprint density at radius 1 is 1.19 bits per heavy atom. The van der Waals surface area contributed by atoms with E-state index in [1.807, 2.05) is 6.07 Å². The first kappa shape index (κ1) is 20.0. The summed E-state index contributed by atoms with van der Waals surface area (Å²) in [5.41, 5.74) is 2.00. The highest BCUT2D eigenvalue weighted by Gasteiger charge is 2.49. The van der Waals surface area contributed by atoms with Crippen LogP contribution in [0.1, 0.15) is 64.2 Å². The summed E-state index contributed by atoms with van der Waals surface area (Å²) < 4.78 is 4.96. The third-order valence-electron chi connectivity index (χ3n) is 5.97. The minimum Gasteiger partial charge on any atom is -0.468 e. The van der Waals surface area contributed by atoms with Gasteiger partial charge in [-0.1, -0.05) is 63.6 Å². The molecule has 1 N–H and O–H groups in total. The second kappa shape index (κ2) is 6.72. The first-order valence-corrected chi connectivity index (χ1v) is 10.2. The number of thioether (sulfide) groups is 1. The van der Waals surface area contributed by atoms with Gasteiger partial charge in [-0.15, -0.1) is 5.92 Å². The summed E-state index contributed by atoms with van der Waals surface area (Å²) in [7, 11) is 1.35. The SMILES string of the molecule is CC#CC1=CC(O)(c2ccc3c(c2)C(C)(C)CCC3(C)C)C(C(=O)OC)S1. The lowest BCUT2D eigenvalue weighted by Gasteiger charge is -2.42. The van der Waals surface area contributed by atoms with Crippen LogP contribution in [0, 0.1) is 11.8 Å². The first-order valence-electron chi connectivity index (χ1n) is 9.33. The molecule has 0 spiro atoms. The van der Waals surface area contributed by atoms with Gasteiger partial charge < -0.3 is 9.84 Å². The Morgan fingerprint density at radius 2 is 1.81 bits per heavy atom. The van der Waals surface area contributed by atoms with Crippen LogP contribution in [0.2, 0.25) is 0 Å². The number of hydrogen-bond donors (Lipinski definition) is 1. The maximum Gasteiger partial charge on any atom is 0.322 e. The van der Waals surface area contributed by atoms with Crippen molar-refractivity contribution in [1.29, 1.82) is 0 Å².